The normalized spacial score (nSPS) is 29.1. The highest BCUT2D eigenvalue weighted by molar-refractivity contribution is 4.75. The minimum absolute atomic E-state index is 0.0638. The number of nitrogens with one attached hydrogen (secondary N) is 1. The fourth-order valence-electron chi connectivity index (χ4n) is 1.51. The van der Waals surface area contributed by atoms with Crippen LogP contribution < -0.4 is 5.32 Å². The van der Waals surface area contributed by atoms with E-state index in [0.29, 0.717) is 12.5 Å². The number of ether oxygens (including phenoxy) is 1. The quantitative estimate of drug-likeness (QED) is 0.770. The van der Waals surface area contributed by atoms with E-state index in [4.69, 9.17) is 4.74 Å². The Morgan fingerprint density at radius 3 is 2.71 bits per heavy atom. The topological polar surface area (TPSA) is 21.3 Å². The molecular weight excluding hydrogens is 195 g/mol. The molecule has 0 aromatic rings. The molecular formula is C9H16F3NO. The molecule has 5 heteroatoms. The summed E-state index contributed by atoms with van der Waals surface area (Å²) in [6, 6.07) is 0. The summed E-state index contributed by atoms with van der Waals surface area (Å²) in [6.07, 6.45) is -4.05. The first-order chi connectivity index (χ1) is 6.49. The largest absolute Gasteiger partial charge is 0.391 e. The van der Waals surface area contributed by atoms with Gasteiger partial charge < -0.3 is 10.1 Å². The molecule has 84 valence electrons. The first kappa shape index (κ1) is 11.8. The summed E-state index contributed by atoms with van der Waals surface area (Å²) in [5.74, 6) is 0.351. The fraction of sp³-hybridized carbons (Fsp3) is 1.00. The molecule has 0 aliphatic carbocycles. The SMILES string of the molecule is CC1CCNCC1OCCC(F)(F)F. The predicted octanol–water partition coefficient (Wildman–Crippen LogP) is 1.95. The van der Waals surface area contributed by atoms with Crippen molar-refractivity contribution in [2.75, 3.05) is 19.7 Å². The zero-order valence-electron chi connectivity index (χ0n) is 8.23. The van der Waals surface area contributed by atoms with Crippen LogP contribution in [0, 0.1) is 5.92 Å². The third-order valence-corrected chi connectivity index (χ3v) is 2.47. The Hall–Kier alpha value is -0.290. The van der Waals surface area contributed by atoms with Gasteiger partial charge in [0.05, 0.1) is 19.1 Å². The van der Waals surface area contributed by atoms with Crippen molar-refractivity contribution < 1.29 is 17.9 Å². The highest BCUT2D eigenvalue weighted by Gasteiger charge is 2.28. The van der Waals surface area contributed by atoms with Gasteiger partial charge in [-0.1, -0.05) is 6.92 Å². The Balaban J connectivity index is 2.17. The summed E-state index contributed by atoms with van der Waals surface area (Å²) in [6.45, 7) is 3.39. The average Bonchev–Trinajstić information content (AvgIpc) is 2.06. The molecule has 2 nitrogen and oxygen atoms in total. The van der Waals surface area contributed by atoms with Gasteiger partial charge in [-0.2, -0.15) is 13.2 Å². The Kier molecular flexibility index (Phi) is 4.19. The van der Waals surface area contributed by atoms with E-state index in [2.05, 4.69) is 5.32 Å². The van der Waals surface area contributed by atoms with Crippen LogP contribution in [0.25, 0.3) is 0 Å². The van der Waals surface area contributed by atoms with Gasteiger partial charge in [0.25, 0.3) is 0 Å². The maximum atomic E-state index is 11.8. The molecule has 0 spiro atoms. The number of hydrogen-bond acceptors (Lipinski definition) is 2. The van der Waals surface area contributed by atoms with Gasteiger partial charge in [-0.15, -0.1) is 0 Å². The molecule has 0 aromatic heterocycles. The summed E-state index contributed by atoms with van der Waals surface area (Å²) < 4.78 is 40.6. The predicted molar refractivity (Wildman–Crippen MR) is 47.1 cm³/mol. The summed E-state index contributed by atoms with van der Waals surface area (Å²) in [4.78, 5) is 0. The smallest absolute Gasteiger partial charge is 0.376 e. The summed E-state index contributed by atoms with van der Waals surface area (Å²) >= 11 is 0. The van der Waals surface area contributed by atoms with Crippen LogP contribution in [-0.4, -0.2) is 32.0 Å². The Morgan fingerprint density at radius 2 is 2.14 bits per heavy atom. The molecule has 1 N–H and O–H groups in total. The Labute approximate surface area is 81.8 Å². The van der Waals surface area contributed by atoms with Crippen molar-refractivity contribution in [3.63, 3.8) is 0 Å². The molecule has 1 saturated heterocycles. The van der Waals surface area contributed by atoms with Crippen LogP contribution >= 0.6 is 0 Å². The number of hydrogen-bond donors (Lipinski definition) is 1. The van der Waals surface area contributed by atoms with Crippen LogP contribution in [0.15, 0.2) is 0 Å². The van der Waals surface area contributed by atoms with Crippen LogP contribution in [0.1, 0.15) is 19.8 Å². The van der Waals surface area contributed by atoms with Crippen LogP contribution in [0.2, 0.25) is 0 Å². The van der Waals surface area contributed by atoms with Crippen molar-refractivity contribution in [1.29, 1.82) is 0 Å². The molecule has 1 heterocycles. The minimum atomic E-state index is -4.11. The third kappa shape index (κ3) is 4.28. The molecule has 0 radical (unpaired) electrons. The van der Waals surface area contributed by atoms with Gasteiger partial charge in [-0.25, -0.2) is 0 Å². The van der Waals surface area contributed by atoms with E-state index in [1.807, 2.05) is 6.92 Å². The lowest BCUT2D eigenvalue weighted by Gasteiger charge is -2.29. The molecule has 0 saturated carbocycles. The van der Waals surface area contributed by atoms with E-state index in [1.54, 1.807) is 0 Å². The number of alkyl halides is 3. The van der Waals surface area contributed by atoms with Crippen molar-refractivity contribution in [2.24, 2.45) is 5.92 Å². The Bertz CT molecular complexity index is 172. The molecule has 2 atom stereocenters. The minimum Gasteiger partial charge on any atom is -0.376 e. The summed E-state index contributed by atoms with van der Waals surface area (Å²) in [5.41, 5.74) is 0. The second kappa shape index (κ2) is 4.98. The van der Waals surface area contributed by atoms with Crippen LogP contribution in [0.3, 0.4) is 0 Å². The van der Waals surface area contributed by atoms with Crippen LogP contribution in [0.4, 0.5) is 13.2 Å². The molecule has 0 aromatic carbocycles. The first-order valence-electron chi connectivity index (χ1n) is 4.88. The molecule has 1 aliphatic rings. The molecule has 1 rings (SSSR count). The lowest BCUT2D eigenvalue weighted by molar-refractivity contribution is -0.151. The van der Waals surface area contributed by atoms with Crippen molar-refractivity contribution in [3.8, 4) is 0 Å². The summed E-state index contributed by atoms with van der Waals surface area (Å²) in [5, 5.41) is 3.11. The van der Waals surface area contributed by atoms with Gasteiger partial charge in [0.15, 0.2) is 0 Å². The number of halogens is 3. The zero-order chi connectivity index (χ0) is 10.6. The van der Waals surface area contributed by atoms with E-state index in [1.165, 1.54) is 0 Å². The number of rotatable bonds is 3. The highest BCUT2D eigenvalue weighted by Crippen LogP contribution is 2.21. The lowest BCUT2D eigenvalue weighted by Crippen LogP contribution is -2.41. The molecule has 14 heavy (non-hydrogen) atoms. The van der Waals surface area contributed by atoms with Crippen LogP contribution in [0.5, 0.6) is 0 Å². The van der Waals surface area contributed by atoms with Crippen molar-refractivity contribution in [2.45, 2.75) is 32.0 Å². The van der Waals surface area contributed by atoms with Gasteiger partial charge in [0.1, 0.15) is 0 Å². The second-order valence-corrected chi connectivity index (χ2v) is 3.74. The fourth-order valence-corrected chi connectivity index (χ4v) is 1.51. The summed E-state index contributed by atoms with van der Waals surface area (Å²) in [7, 11) is 0. The molecule has 1 fully saturated rings. The molecule has 0 amide bonds. The molecule has 1 aliphatic heterocycles. The third-order valence-electron chi connectivity index (χ3n) is 2.47. The van der Waals surface area contributed by atoms with E-state index < -0.39 is 12.6 Å². The van der Waals surface area contributed by atoms with E-state index in [-0.39, 0.29) is 12.7 Å². The monoisotopic (exact) mass is 211 g/mol. The molecule has 2 unspecified atom stereocenters. The van der Waals surface area contributed by atoms with Gasteiger partial charge in [0, 0.05) is 6.54 Å². The van der Waals surface area contributed by atoms with Gasteiger partial charge in [-0.05, 0) is 18.9 Å². The van der Waals surface area contributed by atoms with E-state index in [9.17, 15) is 13.2 Å². The first-order valence-corrected chi connectivity index (χ1v) is 4.88. The van der Waals surface area contributed by atoms with Gasteiger partial charge >= 0.3 is 6.18 Å². The second-order valence-electron chi connectivity index (χ2n) is 3.74. The van der Waals surface area contributed by atoms with Crippen molar-refractivity contribution in [1.82, 2.24) is 5.32 Å². The lowest BCUT2D eigenvalue weighted by atomic mass is 9.97. The van der Waals surface area contributed by atoms with Gasteiger partial charge in [0.2, 0.25) is 0 Å². The van der Waals surface area contributed by atoms with Crippen molar-refractivity contribution >= 4 is 0 Å². The number of piperidine rings is 1. The zero-order valence-corrected chi connectivity index (χ0v) is 8.23. The Morgan fingerprint density at radius 1 is 1.43 bits per heavy atom. The van der Waals surface area contributed by atoms with E-state index >= 15 is 0 Å². The standard InChI is InChI=1S/C9H16F3NO/c1-7-2-4-13-6-8(7)14-5-3-9(10,11)12/h7-8,13H,2-6H2,1H3. The van der Waals surface area contributed by atoms with Crippen molar-refractivity contribution in [3.05, 3.63) is 0 Å². The molecule has 0 bridgehead atoms. The van der Waals surface area contributed by atoms with E-state index in [0.717, 1.165) is 13.0 Å². The highest BCUT2D eigenvalue weighted by atomic mass is 19.4. The average molecular weight is 211 g/mol. The maximum Gasteiger partial charge on any atom is 0.391 e. The maximum absolute atomic E-state index is 11.8. The van der Waals surface area contributed by atoms with Crippen LogP contribution in [-0.2, 0) is 4.74 Å². The van der Waals surface area contributed by atoms with Gasteiger partial charge in [-0.3, -0.25) is 0 Å².